The number of nitrogens with zero attached hydrogens (tertiary/aromatic N) is 2. The number of anilines is 1. The highest BCUT2D eigenvalue weighted by Crippen LogP contribution is 2.37. The molecule has 0 aromatic heterocycles. The lowest BCUT2D eigenvalue weighted by atomic mass is 9.92. The Kier molecular flexibility index (Phi) is 7.03. The van der Waals surface area contributed by atoms with Gasteiger partial charge in [0, 0.05) is 30.5 Å². The van der Waals surface area contributed by atoms with Crippen molar-refractivity contribution in [1.82, 2.24) is 0 Å². The minimum absolute atomic E-state index is 0.0363. The van der Waals surface area contributed by atoms with Gasteiger partial charge >= 0.3 is 0 Å². The summed E-state index contributed by atoms with van der Waals surface area (Å²) in [5, 5.41) is 30.5. The quantitative estimate of drug-likeness (QED) is 0.553. The van der Waals surface area contributed by atoms with Crippen molar-refractivity contribution in [2.75, 3.05) is 24.6 Å². The second-order valence-corrected chi connectivity index (χ2v) is 7.64. The van der Waals surface area contributed by atoms with Gasteiger partial charge in [-0.1, -0.05) is 36.4 Å². The number of allylic oxidation sites excluding steroid dienone is 2. The number of carbonyl (C=O) groups is 1. The molecule has 0 amide bonds. The first kappa shape index (κ1) is 21.0. The van der Waals surface area contributed by atoms with Crippen molar-refractivity contribution in [2.24, 2.45) is 0 Å². The van der Waals surface area contributed by atoms with Crippen LogP contribution in [0.15, 0.2) is 42.0 Å². The van der Waals surface area contributed by atoms with Gasteiger partial charge in [-0.15, -0.1) is 0 Å². The monoisotopic (exact) mass is 392 g/mol. The SMILES string of the molecule is C/C(=C(/C#N)C(=O)CCC(O)CO)c1ccc2ccccc2c1N1CCCCC1. The predicted molar refractivity (Wildman–Crippen MR) is 116 cm³/mol. The van der Waals surface area contributed by atoms with Crippen LogP contribution in [-0.4, -0.2) is 41.8 Å². The number of benzene rings is 2. The zero-order chi connectivity index (χ0) is 20.8. The maximum Gasteiger partial charge on any atom is 0.173 e. The fourth-order valence-corrected chi connectivity index (χ4v) is 4.02. The van der Waals surface area contributed by atoms with Crippen molar-refractivity contribution in [3.8, 4) is 6.07 Å². The number of hydrogen-bond acceptors (Lipinski definition) is 5. The molecule has 152 valence electrons. The van der Waals surface area contributed by atoms with Gasteiger partial charge in [-0.3, -0.25) is 4.79 Å². The average molecular weight is 392 g/mol. The van der Waals surface area contributed by atoms with E-state index in [1.807, 2.05) is 31.2 Å². The lowest BCUT2D eigenvalue weighted by Gasteiger charge is -2.32. The molecule has 0 spiro atoms. The topological polar surface area (TPSA) is 84.6 Å². The summed E-state index contributed by atoms with van der Waals surface area (Å²) in [5.41, 5.74) is 2.81. The Morgan fingerprint density at radius 3 is 2.59 bits per heavy atom. The van der Waals surface area contributed by atoms with Crippen LogP contribution >= 0.6 is 0 Å². The van der Waals surface area contributed by atoms with Gasteiger partial charge in [-0.05, 0) is 43.6 Å². The van der Waals surface area contributed by atoms with Crippen LogP contribution in [0.1, 0.15) is 44.6 Å². The molecule has 29 heavy (non-hydrogen) atoms. The van der Waals surface area contributed by atoms with Gasteiger partial charge in [-0.25, -0.2) is 0 Å². The summed E-state index contributed by atoms with van der Waals surface area (Å²) < 4.78 is 0. The Morgan fingerprint density at radius 1 is 1.17 bits per heavy atom. The highest BCUT2D eigenvalue weighted by Gasteiger charge is 2.22. The van der Waals surface area contributed by atoms with Crippen LogP contribution in [0.3, 0.4) is 0 Å². The van der Waals surface area contributed by atoms with Gasteiger partial charge in [-0.2, -0.15) is 5.26 Å². The second kappa shape index (κ2) is 9.69. The van der Waals surface area contributed by atoms with E-state index in [1.165, 1.54) is 6.42 Å². The molecule has 5 nitrogen and oxygen atoms in total. The van der Waals surface area contributed by atoms with Crippen molar-refractivity contribution >= 4 is 27.8 Å². The van der Waals surface area contributed by atoms with E-state index in [1.54, 1.807) is 0 Å². The minimum Gasteiger partial charge on any atom is -0.394 e. The standard InChI is InChI=1S/C24H28N2O3/c1-17(22(15-25)23(29)12-10-19(28)16-27)20-11-9-18-7-3-4-8-21(18)24(20)26-13-5-2-6-14-26/h3-4,7-9,11,19,27-28H,2,5-6,10,12-14,16H2,1H3/b22-17+. The van der Waals surface area contributed by atoms with E-state index in [2.05, 4.69) is 23.1 Å². The number of ketones is 1. The second-order valence-electron chi connectivity index (χ2n) is 7.64. The summed E-state index contributed by atoms with van der Waals surface area (Å²) in [6, 6.07) is 14.3. The summed E-state index contributed by atoms with van der Waals surface area (Å²) in [5.74, 6) is -0.296. The van der Waals surface area contributed by atoms with Crippen molar-refractivity contribution in [2.45, 2.75) is 45.1 Å². The lowest BCUT2D eigenvalue weighted by Crippen LogP contribution is -2.30. The van der Waals surface area contributed by atoms with Crippen LogP contribution in [0.5, 0.6) is 0 Å². The van der Waals surface area contributed by atoms with E-state index in [0.29, 0.717) is 5.57 Å². The van der Waals surface area contributed by atoms with Crippen LogP contribution in [0, 0.1) is 11.3 Å². The van der Waals surface area contributed by atoms with E-state index >= 15 is 0 Å². The lowest BCUT2D eigenvalue weighted by molar-refractivity contribution is -0.115. The normalized spacial score (nSPS) is 16.3. The summed E-state index contributed by atoms with van der Waals surface area (Å²) in [6.45, 7) is 3.37. The first-order valence-electron chi connectivity index (χ1n) is 10.3. The number of Topliss-reactive ketones (excluding diaryl/α,β-unsaturated/α-hetero) is 1. The molecule has 1 fully saturated rings. The Balaban J connectivity index is 2.08. The zero-order valence-electron chi connectivity index (χ0n) is 16.9. The highest BCUT2D eigenvalue weighted by molar-refractivity contribution is 6.09. The third kappa shape index (κ3) is 4.67. The molecule has 0 saturated carbocycles. The molecule has 3 rings (SSSR count). The Morgan fingerprint density at radius 2 is 1.90 bits per heavy atom. The fraction of sp³-hybridized carbons (Fsp3) is 0.417. The zero-order valence-corrected chi connectivity index (χ0v) is 16.9. The third-order valence-corrected chi connectivity index (χ3v) is 5.66. The van der Waals surface area contributed by atoms with E-state index in [0.717, 1.165) is 48.0 Å². The third-order valence-electron chi connectivity index (χ3n) is 5.66. The summed E-state index contributed by atoms with van der Waals surface area (Å²) in [6.07, 6.45) is 2.73. The van der Waals surface area contributed by atoms with Crippen LogP contribution in [-0.2, 0) is 4.79 Å². The number of fused-ring (bicyclic) bond motifs is 1. The molecule has 5 heteroatoms. The van der Waals surface area contributed by atoms with E-state index in [-0.39, 0.29) is 30.8 Å². The predicted octanol–water partition coefficient (Wildman–Crippen LogP) is 3.83. The van der Waals surface area contributed by atoms with Crippen molar-refractivity contribution in [3.05, 3.63) is 47.5 Å². The molecule has 0 aliphatic carbocycles. The summed E-state index contributed by atoms with van der Waals surface area (Å²) >= 11 is 0. The van der Waals surface area contributed by atoms with Gasteiger partial charge in [0.05, 0.1) is 24.0 Å². The van der Waals surface area contributed by atoms with Crippen LogP contribution in [0.2, 0.25) is 0 Å². The number of hydrogen-bond donors (Lipinski definition) is 2. The summed E-state index contributed by atoms with van der Waals surface area (Å²) in [7, 11) is 0. The van der Waals surface area contributed by atoms with E-state index < -0.39 is 6.10 Å². The number of piperidine rings is 1. The fourth-order valence-electron chi connectivity index (χ4n) is 4.02. The Hall–Kier alpha value is -2.68. The first-order valence-corrected chi connectivity index (χ1v) is 10.3. The maximum absolute atomic E-state index is 12.7. The first-order chi connectivity index (χ1) is 14.1. The van der Waals surface area contributed by atoms with Gasteiger partial charge in [0.1, 0.15) is 6.07 Å². The average Bonchev–Trinajstić information content (AvgIpc) is 2.77. The largest absolute Gasteiger partial charge is 0.394 e. The highest BCUT2D eigenvalue weighted by atomic mass is 16.3. The Labute approximate surface area is 171 Å². The number of aliphatic hydroxyl groups is 2. The number of carbonyl (C=O) groups excluding carboxylic acids is 1. The van der Waals surface area contributed by atoms with Crippen molar-refractivity contribution < 1.29 is 15.0 Å². The van der Waals surface area contributed by atoms with Gasteiger partial charge in [0.15, 0.2) is 5.78 Å². The van der Waals surface area contributed by atoms with Crippen LogP contribution in [0.25, 0.3) is 16.3 Å². The molecule has 1 aliphatic heterocycles. The molecule has 1 heterocycles. The van der Waals surface area contributed by atoms with Crippen LogP contribution in [0.4, 0.5) is 5.69 Å². The maximum atomic E-state index is 12.7. The Bertz CT molecular complexity index is 952. The molecule has 1 unspecified atom stereocenters. The molecule has 0 radical (unpaired) electrons. The van der Waals surface area contributed by atoms with E-state index in [9.17, 15) is 15.2 Å². The molecule has 2 N–H and O–H groups in total. The minimum atomic E-state index is -0.941. The molecule has 1 atom stereocenters. The smallest absolute Gasteiger partial charge is 0.173 e. The van der Waals surface area contributed by atoms with Crippen molar-refractivity contribution in [3.63, 3.8) is 0 Å². The van der Waals surface area contributed by atoms with Gasteiger partial charge < -0.3 is 15.1 Å². The molecular formula is C24H28N2O3. The number of rotatable bonds is 7. The molecule has 2 aromatic rings. The van der Waals surface area contributed by atoms with Gasteiger partial charge in [0.25, 0.3) is 0 Å². The molecule has 2 aromatic carbocycles. The van der Waals surface area contributed by atoms with Gasteiger partial charge in [0.2, 0.25) is 0 Å². The molecule has 1 aliphatic rings. The summed E-state index contributed by atoms with van der Waals surface area (Å²) in [4.78, 5) is 15.0. The molecule has 0 bridgehead atoms. The molecule has 1 saturated heterocycles. The van der Waals surface area contributed by atoms with E-state index in [4.69, 9.17) is 5.11 Å². The number of aliphatic hydroxyl groups excluding tert-OH is 2. The van der Waals surface area contributed by atoms with Crippen LogP contribution < -0.4 is 4.90 Å². The van der Waals surface area contributed by atoms with Crippen molar-refractivity contribution in [1.29, 1.82) is 5.26 Å². The molecular weight excluding hydrogens is 364 g/mol. The number of nitriles is 1.